The Balaban J connectivity index is 1.94. The summed E-state index contributed by atoms with van der Waals surface area (Å²) in [6, 6.07) is 3.28. The Hall–Kier alpha value is -2.44. The molecule has 1 aliphatic rings. The largest absolute Gasteiger partial charge is 0.356 e. The minimum absolute atomic E-state index is 0.0917. The van der Waals surface area contributed by atoms with Gasteiger partial charge in [0.15, 0.2) is 5.76 Å². The smallest absolute Gasteiger partial charge is 0.267 e. The highest BCUT2D eigenvalue weighted by Gasteiger charge is 2.30. The Bertz CT molecular complexity index is 825. The van der Waals surface area contributed by atoms with Crippen LogP contribution >= 0.6 is 0 Å². The van der Waals surface area contributed by atoms with Crippen LogP contribution in [0, 0.1) is 6.92 Å². The molecule has 0 aromatic carbocycles. The first-order chi connectivity index (χ1) is 11.2. The van der Waals surface area contributed by atoms with Crippen molar-refractivity contribution in [3.63, 3.8) is 0 Å². The number of carbonyl (C=O) groups excluding carboxylic acids is 1. The first kappa shape index (κ1) is 16.4. The predicted molar refractivity (Wildman–Crippen MR) is 88.6 cm³/mol. The first-order valence-electron chi connectivity index (χ1n) is 8.10. The molecule has 24 heavy (non-hydrogen) atoms. The standard InChI is InChI=1S/C17H22N4O3/c1-10-7-13(24-20-10)12-8-15(23)21(19-16(12)11-5-6-11)9-14(22)18-17(2,3)4/h7-8,11H,5-6,9H2,1-4H3,(H,18,22). The van der Waals surface area contributed by atoms with Crippen molar-refractivity contribution < 1.29 is 9.32 Å². The monoisotopic (exact) mass is 330 g/mol. The van der Waals surface area contributed by atoms with Crippen LogP contribution in [0.4, 0.5) is 0 Å². The molecular weight excluding hydrogens is 308 g/mol. The molecular formula is C17H22N4O3. The first-order valence-corrected chi connectivity index (χ1v) is 8.10. The number of aromatic nitrogens is 3. The average Bonchev–Trinajstić information content (AvgIpc) is 3.20. The Morgan fingerprint density at radius 1 is 1.38 bits per heavy atom. The van der Waals surface area contributed by atoms with Gasteiger partial charge in [0.25, 0.3) is 5.56 Å². The van der Waals surface area contributed by atoms with E-state index in [1.165, 1.54) is 10.7 Å². The number of hydrogen-bond acceptors (Lipinski definition) is 5. The number of nitrogens with one attached hydrogen (secondary N) is 1. The fourth-order valence-electron chi connectivity index (χ4n) is 2.56. The molecule has 1 saturated carbocycles. The van der Waals surface area contributed by atoms with Crippen molar-refractivity contribution in [3.8, 4) is 11.3 Å². The van der Waals surface area contributed by atoms with Gasteiger partial charge >= 0.3 is 0 Å². The molecule has 3 rings (SSSR count). The lowest BCUT2D eigenvalue weighted by atomic mass is 10.1. The van der Waals surface area contributed by atoms with Crippen molar-refractivity contribution in [3.05, 3.63) is 33.9 Å². The molecule has 0 radical (unpaired) electrons. The van der Waals surface area contributed by atoms with Gasteiger partial charge in [0, 0.05) is 29.2 Å². The summed E-state index contributed by atoms with van der Waals surface area (Å²) in [5.74, 6) is 0.621. The third kappa shape index (κ3) is 3.72. The molecule has 0 spiro atoms. The van der Waals surface area contributed by atoms with Crippen molar-refractivity contribution >= 4 is 5.91 Å². The Morgan fingerprint density at radius 2 is 2.08 bits per heavy atom. The molecule has 0 saturated heterocycles. The van der Waals surface area contributed by atoms with Crippen LogP contribution in [0.2, 0.25) is 0 Å². The SMILES string of the molecule is Cc1cc(-c2cc(=O)n(CC(=O)NC(C)(C)C)nc2C2CC2)on1. The summed E-state index contributed by atoms with van der Waals surface area (Å²) in [6.07, 6.45) is 2.05. The maximum absolute atomic E-state index is 12.4. The molecule has 2 aromatic heterocycles. The summed E-state index contributed by atoms with van der Waals surface area (Å²) in [5, 5.41) is 11.2. The zero-order chi connectivity index (χ0) is 17.5. The number of rotatable bonds is 4. The summed E-state index contributed by atoms with van der Waals surface area (Å²) in [7, 11) is 0. The summed E-state index contributed by atoms with van der Waals surface area (Å²) in [5.41, 5.74) is 1.55. The van der Waals surface area contributed by atoms with E-state index in [1.54, 1.807) is 6.07 Å². The summed E-state index contributed by atoms with van der Waals surface area (Å²) in [6.45, 7) is 7.42. The van der Waals surface area contributed by atoms with Crippen LogP contribution < -0.4 is 10.9 Å². The lowest BCUT2D eigenvalue weighted by Gasteiger charge is -2.20. The molecule has 7 nitrogen and oxygen atoms in total. The highest BCUT2D eigenvalue weighted by molar-refractivity contribution is 5.76. The highest BCUT2D eigenvalue weighted by Crippen LogP contribution is 2.42. The van der Waals surface area contributed by atoms with Gasteiger partial charge in [0.2, 0.25) is 5.91 Å². The van der Waals surface area contributed by atoms with E-state index >= 15 is 0 Å². The number of nitrogens with zero attached hydrogens (tertiary/aromatic N) is 3. The second-order valence-corrected chi connectivity index (χ2v) is 7.34. The van der Waals surface area contributed by atoms with Gasteiger partial charge in [0.1, 0.15) is 6.54 Å². The van der Waals surface area contributed by atoms with Crippen LogP contribution in [0.15, 0.2) is 21.5 Å². The molecule has 128 valence electrons. The van der Waals surface area contributed by atoms with E-state index < -0.39 is 0 Å². The van der Waals surface area contributed by atoms with Crippen molar-refractivity contribution in [1.82, 2.24) is 20.3 Å². The topological polar surface area (TPSA) is 90.0 Å². The van der Waals surface area contributed by atoms with E-state index in [2.05, 4.69) is 15.6 Å². The summed E-state index contributed by atoms with van der Waals surface area (Å²) < 4.78 is 6.52. The van der Waals surface area contributed by atoms with Crippen molar-refractivity contribution in [2.45, 2.75) is 58.5 Å². The maximum Gasteiger partial charge on any atom is 0.267 e. The van der Waals surface area contributed by atoms with Gasteiger partial charge in [-0.1, -0.05) is 5.16 Å². The van der Waals surface area contributed by atoms with Crippen LogP contribution in [-0.2, 0) is 11.3 Å². The molecule has 7 heteroatoms. The van der Waals surface area contributed by atoms with E-state index in [9.17, 15) is 9.59 Å². The molecule has 1 fully saturated rings. The fraction of sp³-hybridized carbons (Fsp3) is 0.529. The molecule has 0 aliphatic heterocycles. The quantitative estimate of drug-likeness (QED) is 0.926. The zero-order valence-electron chi connectivity index (χ0n) is 14.4. The second-order valence-electron chi connectivity index (χ2n) is 7.34. The fourth-order valence-corrected chi connectivity index (χ4v) is 2.56. The van der Waals surface area contributed by atoms with Crippen molar-refractivity contribution in [2.75, 3.05) is 0 Å². The number of hydrogen-bond donors (Lipinski definition) is 1. The van der Waals surface area contributed by atoms with E-state index in [0.717, 1.165) is 24.2 Å². The van der Waals surface area contributed by atoms with Crippen LogP contribution in [0.3, 0.4) is 0 Å². The van der Waals surface area contributed by atoms with Gasteiger partial charge < -0.3 is 9.84 Å². The molecule has 0 bridgehead atoms. The molecule has 1 N–H and O–H groups in total. The molecule has 0 unspecified atom stereocenters. The van der Waals surface area contributed by atoms with Crippen LogP contribution in [-0.4, -0.2) is 26.4 Å². The number of aryl methyl sites for hydroxylation is 1. The lowest BCUT2D eigenvalue weighted by Crippen LogP contribution is -2.44. The van der Waals surface area contributed by atoms with Gasteiger partial charge in [-0.2, -0.15) is 5.10 Å². The average molecular weight is 330 g/mol. The third-order valence-corrected chi connectivity index (χ3v) is 3.69. The Kier molecular flexibility index (Phi) is 4.03. The van der Waals surface area contributed by atoms with Crippen LogP contribution in [0.5, 0.6) is 0 Å². The van der Waals surface area contributed by atoms with Crippen LogP contribution in [0.25, 0.3) is 11.3 Å². The van der Waals surface area contributed by atoms with Gasteiger partial charge in [-0.25, -0.2) is 4.68 Å². The Morgan fingerprint density at radius 3 is 2.62 bits per heavy atom. The lowest BCUT2D eigenvalue weighted by molar-refractivity contribution is -0.123. The van der Waals surface area contributed by atoms with Gasteiger partial charge in [0.05, 0.1) is 11.4 Å². The van der Waals surface area contributed by atoms with E-state index in [-0.39, 0.29) is 23.6 Å². The molecule has 0 atom stereocenters. The molecule has 1 aliphatic carbocycles. The number of carbonyl (C=O) groups is 1. The minimum atomic E-state index is -0.350. The normalized spacial score (nSPS) is 14.7. The summed E-state index contributed by atoms with van der Waals surface area (Å²) >= 11 is 0. The van der Waals surface area contributed by atoms with Gasteiger partial charge in [-0.15, -0.1) is 0 Å². The van der Waals surface area contributed by atoms with Crippen molar-refractivity contribution in [2.24, 2.45) is 0 Å². The van der Waals surface area contributed by atoms with Gasteiger partial charge in [-0.3, -0.25) is 9.59 Å². The van der Waals surface area contributed by atoms with Crippen LogP contribution in [0.1, 0.15) is 50.9 Å². The van der Waals surface area contributed by atoms with E-state index in [4.69, 9.17) is 4.52 Å². The maximum atomic E-state index is 12.4. The summed E-state index contributed by atoms with van der Waals surface area (Å²) in [4.78, 5) is 24.5. The molecule has 2 heterocycles. The second kappa shape index (κ2) is 5.89. The highest BCUT2D eigenvalue weighted by atomic mass is 16.5. The molecule has 2 aromatic rings. The molecule has 1 amide bonds. The minimum Gasteiger partial charge on any atom is -0.356 e. The van der Waals surface area contributed by atoms with E-state index in [0.29, 0.717) is 17.2 Å². The van der Waals surface area contributed by atoms with E-state index in [1.807, 2.05) is 27.7 Å². The third-order valence-electron chi connectivity index (χ3n) is 3.69. The van der Waals surface area contributed by atoms with Crippen molar-refractivity contribution in [1.29, 1.82) is 0 Å². The number of amides is 1. The Labute approximate surface area is 140 Å². The van der Waals surface area contributed by atoms with Gasteiger partial charge in [-0.05, 0) is 40.5 Å². The zero-order valence-corrected chi connectivity index (χ0v) is 14.4. The predicted octanol–water partition coefficient (Wildman–Crippen LogP) is 2.00.